The molecule has 0 atom stereocenters. The van der Waals surface area contributed by atoms with E-state index in [9.17, 15) is 14.9 Å². The molecule has 1 saturated carbocycles. The van der Waals surface area contributed by atoms with Gasteiger partial charge in [0.25, 0.3) is 5.56 Å². The van der Waals surface area contributed by atoms with Gasteiger partial charge in [-0.1, -0.05) is 43.2 Å². The quantitative estimate of drug-likeness (QED) is 0.754. The van der Waals surface area contributed by atoms with Crippen LogP contribution in [0, 0.1) is 11.3 Å². The smallest absolute Gasteiger partial charge is 0.332 e. The summed E-state index contributed by atoms with van der Waals surface area (Å²) in [7, 11) is 1.59. The van der Waals surface area contributed by atoms with E-state index in [0.29, 0.717) is 11.1 Å². The van der Waals surface area contributed by atoms with Crippen molar-refractivity contribution < 1.29 is 0 Å². The molecule has 4 rings (SSSR count). The molecular weight excluding hydrogens is 342 g/mol. The highest BCUT2D eigenvalue weighted by molar-refractivity contribution is 5.97. The topological polar surface area (TPSA) is 107 Å². The predicted molar refractivity (Wildman–Crippen MR) is 103 cm³/mol. The summed E-state index contributed by atoms with van der Waals surface area (Å²) in [6, 6.07) is 11.1. The van der Waals surface area contributed by atoms with Gasteiger partial charge in [-0.15, -0.1) is 0 Å². The molecule has 2 N–H and O–H groups in total. The molecule has 136 valence electrons. The minimum Gasteiger partial charge on any atom is -0.383 e. The Morgan fingerprint density at radius 1 is 1.19 bits per heavy atom. The van der Waals surface area contributed by atoms with Crippen molar-refractivity contribution in [3.05, 3.63) is 56.7 Å². The van der Waals surface area contributed by atoms with Crippen molar-refractivity contribution in [3.8, 4) is 17.2 Å². The molecule has 0 unspecified atom stereocenters. The average Bonchev–Trinajstić information content (AvgIpc) is 3.20. The van der Waals surface area contributed by atoms with Crippen LogP contribution in [0.3, 0.4) is 0 Å². The van der Waals surface area contributed by atoms with Crippen molar-refractivity contribution in [2.24, 2.45) is 7.05 Å². The SMILES string of the molecule is Cn1c(=O)n(C2CCCC2)c(=O)c2c(-c3ccccc3)c(C#N)c(N)nc21. The summed E-state index contributed by atoms with van der Waals surface area (Å²) in [5.41, 5.74) is 6.71. The second-order valence-corrected chi connectivity index (χ2v) is 6.88. The molecule has 7 heteroatoms. The van der Waals surface area contributed by atoms with E-state index in [1.54, 1.807) is 7.05 Å². The highest BCUT2D eigenvalue weighted by atomic mass is 16.2. The first kappa shape index (κ1) is 17.0. The normalized spacial score (nSPS) is 14.5. The van der Waals surface area contributed by atoms with Gasteiger partial charge >= 0.3 is 5.69 Å². The number of fused-ring (bicyclic) bond motifs is 1. The highest BCUT2D eigenvalue weighted by Gasteiger charge is 2.26. The Bertz CT molecular complexity index is 1200. The molecule has 0 bridgehead atoms. The molecule has 3 aromatic rings. The number of nitrogens with zero attached hydrogens (tertiary/aromatic N) is 4. The number of nitrogen functional groups attached to an aromatic ring is 1. The molecule has 1 aliphatic carbocycles. The van der Waals surface area contributed by atoms with Gasteiger partial charge in [0.1, 0.15) is 17.5 Å². The molecule has 0 spiro atoms. The second-order valence-electron chi connectivity index (χ2n) is 6.88. The first-order valence-corrected chi connectivity index (χ1v) is 8.94. The van der Waals surface area contributed by atoms with E-state index < -0.39 is 11.2 Å². The third kappa shape index (κ3) is 2.53. The maximum atomic E-state index is 13.4. The molecule has 0 saturated heterocycles. The largest absolute Gasteiger partial charge is 0.383 e. The molecule has 27 heavy (non-hydrogen) atoms. The van der Waals surface area contributed by atoms with Gasteiger partial charge in [0.2, 0.25) is 0 Å². The van der Waals surface area contributed by atoms with Crippen molar-refractivity contribution >= 4 is 16.9 Å². The molecule has 1 aromatic carbocycles. The van der Waals surface area contributed by atoms with Gasteiger partial charge in [-0.25, -0.2) is 9.78 Å². The third-order valence-corrected chi connectivity index (χ3v) is 5.31. The Morgan fingerprint density at radius 2 is 1.85 bits per heavy atom. The highest BCUT2D eigenvalue weighted by Crippen LogP contribution is 2.33. The number of nitrogens with two attached hydrogens (primary N) is 1. The minimum atomic E-state index is -0.400. The summed E-state index contributed by atoms with van der Waals surface area (Å²) in [4.78, 5) is 30.5. The molecule has 0 radical (unpaired) electrons. The Hall–Kier alpha value is -3.40. The molecular formula is C20H19N5O2. The Kier molecular flexibility index (Phi) is 4.04. The zero-order valence-electron chi connectivity index (χ0n) is 15.0. The Balaban J connectivity index is 2.22. The fraction of sp³-hybridized carbons (Fsp3) is 0.300. The van der Waals surface area contributed by atoms with E-state index >= 15 is 0 Å². The van der Waals surface area contributed by atoms with Crippen LogP contribution in [-0.2, 0) is 7.05 Å². The number of benzene rings is 1. The fourth-order valence-corrected chi connectivity index (χ4v) is 3.99. The van der Waals surface area contributed by atoms with Gasteiger partial charge in [0, 0.05) is 18.7 Å². The minimum absolute atomic E-state index is 0.0110. The van der Waals surface area contributed by atoms with Crippen LogP contribution in [0.4, 0.5) is 5.82 Å². The van der Waals surface area contributed by atoms with Gasteiger partial charge in [-0.3, -0.25) is 13.9 Å². The number of hydrogen-bond acceptors (Lipinski definition) is 5. The van der Waals surface area contributed by atoms with Crippen molar-refractivity contribution in [2.75, 3.05) is 5.73 Å². The summed E-state index contributed by atoms with van der Waals surface area (Å²) in [6.07, 6.45) is 3.59. The van der Waals surface area contributed by atoms with Crippen LogP contribution in [-0.4, -0.2) is 14.1 Å². The lowest BCUT2D eigenvalue weighted by Crippen LogP contribution is -2.41. The second kappa shape index (κ2) is 6.40. The number of aryl methyl sites for hydroxylation is 1. The van der Waals surface area contributed by atoms with Crippen LogP contribution < -0.4 is 17.0 Å². The summed E-state index contributed by atoms with van der Waals surface area (Å²) in [5.74, 6) is 0.0110. The monoisotopic (exact) mass is 361 g/mol. The lowest BCUT2D eigenvalue weighted by Gasteiger charge is -2.18. The molecule has 0 aliphatic heterocycles. The third-order valence-electron chi connectivity index (χ3n) is 5.31. The summed E-state index contributed by atoms with van der Waals surface area (Å²) in [5, 5.41) is 9.93. The van der Waals surface area contributed by atoms with Crippen LogP contribution in [0.5, 0.6) is 0 Å². The molecule has 7 nitrogen and oxygen atoms in total. The standard InChI is InChI=1S/C20H19N5O2/c1-24-18-16(19(26)25(20(24)27)13-9-5-6-10-13)15(12-7-3-2-4-8-12)14(11-21)17(22)23-18/h2-4,7-8,13H,5-6,9-10H2,1H3,(H2,22,23). The van der Waals surface area contributed by atoms with Gasteiger partial charge in [-0.05, 0) is 18.4 Å². The average molecular weight is 361 g/mol. The van der Waals surface area contributed by atoms with Crippen LogP contribution >= 0.6 is 0 Å². The lowest BCUT2D eigenvalue weighted by atomic mass is 9.98. The summed E-state index contributed by atoms with van der Waals surface area (Å²) in [6.45, 7) is 0. The summed E-state index contributed by atoms with van der Waals surface area (Å²) >= 11 is 0. The first-order valence-electron chi connectivity index (χ1n) is 8.94. The maximum absolute atomic E-state index is 13.4. The van der Waals surface area contributed by atoms with E-state index in [2.05, 4.69) is 11.1 Å². The lowest BCUT2D eigenvalue weighted by molar-refractivity contribution is 0.470. The van der Waals surface area contributed by atoms with Crippen LogP contribution in [0.25, 0.3) is 22.2 Å². The number of rotatable bonds is 2. The summed E-state index contributed by atoms with van der Waals surface area (Å²) < 4.78 is 2.69. The van der Waals surface area contributed by atoms with E-state index in [1.165, 1.54) is 9.13 Å². The number of aromatic nitrogens is 3. The van der Waals surface area contributed by atoms with Crippen LogP contribution in [0.15, 0.2) is 39.9 Å². The number of nitriles is 1. The maximum Gasteiger partial charge on any atom is 0.332 e. The van der Waals surface area contributed by atoms with Crippen molar-refractivity contribution in [2.45, 2.75) is 31.7 Å². The first-order chi connectivity index (χ1) is 13.0. The number of pyridine rings is 1. The van der Waals surface area contributed by atoms with E-state index in [1.807, 2.05) is 30.3 Å². The van der Waals surface area contributed by atoms with Crippen LogP contribution in [0.2, 0.25) is 0 Å². The fourth-order valence-electron chi connectivity index (χ4n) is 3.99. The zero-order valence-corrected chi connectivity index (χ0v) is 15.0. The predicted octanol–water partition coefficient (Wildman–Crippen LogP) is 2.33. The Labute approximate surface area is 155 Å². The number of anilines is 1. The van der Waals surface area contributed by atoms with Gasteiger partial charge in [-0.2, -0.15) is 5.26 Å². The molecule has 1 aliphatic rings. The van der Waals surface area contributed by atoms with Crippen molar-refractivity contribution in [3.63, 3.8) is 0 Å². The van der Waals surface area contributed by atoms with Crippen molar-refractivity contribution in [1.82, 2.24) is 14.1 Å². The van der Waals surface area contributed by atoms with E-state index in [-0.39, 0.29) is 28.5 Å². The zero-order chi connectivity index (χ0) is 19.1. The van der Waals surface area contributed by atoms with Gasteiger partial charge in [0.15, 0.2) is 5.65 Å². The Morgan fingerprint density at radius 3 is 2.48 bits per heavy atom. The number of hydrogen-bond donors (Lipinski definition) is 1. The van der Waals surface area contributed by atoms with Crippen LogP contribution in [0.1, 0.15) is 37.3 Å². The van der Waals surface area contributed by atoms with Gasteiger partial charge < -0.3 is 5.73 Å². The van der Waals surface area contributed by atoms with E-state index in [0.717, 1.165) is 25.7 Å². The van der Waals surface area contributed by atoms with Crippen molar-refractivity contribution in [1.29, 1.82) is 5.26 Å². The van der Waals surface area contributed by atoms with Gasteiger partial charge in [0.05, 0.1) is 5.39 Å². The van der Waals surface area contributed by atoms with E-state index in [4.69, 9.17) is 5.73 Å². The molecule has 2 heterocycles. The molecule has 0 amide bonds. The molecule has 2 aromatic heterocycles. The molecule has 1 fully saturated rings.